The van der Waals surface area contributed by atoms with E-state index in [1.54, 1.807) is 60.7 Å². The summed E-state index contributed by atoms with van der Waals surface area (Å²) >= 11 is 7.01. The average Bonchev–Trinajstić information content (AvgIpc) is 3.14. The van der Waals surface area contributed by atoms with Gasteiger partial charge in [-0.1, -0.05) is 77.8 Å². The second kappa shape index (κ2) is 10.0. The minimum atomic E-state index is -4.15. The molecule has 0 atom stereocenters. The Morgan fingerprint density at radius 1 is 0.919 bits per heavy atom. The summed E-state index contributed by atoms with van der Waals surface area (Å²) < 4.78 is 31.7. The molecule has 2 amide bonds. The number of nitrogens with zero attached hydrogens (tertiary/aromatic N) is 1. The highest BCUT2D eigenvalue weighted by molar-refractivity contribution is 8.18. The monoisotopic (exact) mass is 549 g/mol. The number of aryl methyl sites for hydroxylation is 1. The number of rotatable bonds is 6. The second-order valence-corrected chi connectivity index (χ2v) is 11.4. The molecule has 4 aromatic carbocycles. The Hall–Kier alpha value is -3.59. The lowest BCUT2D eigenvalue weighted by molar-refractivity contribution is -0.123. The van der Waals surface area contributed by atoms with E-state index in [0.717, 1.165) is 27.6 Å². The quantitative estimate of drug-likeness (QED) is 0.194. The van der Waals surface area contributed by atoms with Gasteiger partial charge in [-0.2, -0.15) is 8.42 Å². The first kappa shape index (κ1) is 25.1. The third-order valence-corrected chi connectivity index (χ3v) is 8.40. The molecule has 1 aliphatic heterocycles. The Kier molecular flexibility index (Phi) is 6.81. The number of carbonyl (C=O) groups is 2. The average molecular weight is 550 g/mol. The van der Waals surface area contributed by atoms with E-state index in [9.17, 15) is 18.0 Å². The lowest BCUT2D eigenvalue weighted by Gasteiger charge is -2.14. The van der Waals surface area contributed by atoms with Crippen LogP contribution in [0.1, 0.15) is 16.7 Å². The van der Waals surface area contributed by atoms with Crippen LogP contribution in [0.15, 0.2) is 94.7 Å². The standard InChI is InChI=1S/C28H20ClNO5S2/c1-18-10-13-21(14-11-18)37(33,34)35-25-15-12-19-6-2-4-8-22(19)23(25)16-26-27(31)30(28(32)36-26)17-20-7-3-5-9-24(20)29/h2-16H,17H2,1H3/b26-16-. The van der Waals surface area contributed by atoms with Crippen molar-refractivity contribution in [2.45, 2.75) is 18.4 Å². The first-order valence-electron chi connectivity index (χ1n) is 11.2. The lowest BCUT2D eigenvalue weighted by atomic mass is 10.0. The van der Waals surface area contributed by atoms with Crippen LogP contribution in [0.3, 0.4) is 0 Å². The van der Waals surface area contributed by atoms with E-state index in [2.05, 4.69) is 0 Å². The van der Waals surface area contributed by atoms with Crippen molar-refractivity contribution in [3.05, 3.63) is 112 Å². The van der Waals surface area contributed by atoms with Crippen LogP contribution >= 0.6 is 23.4 Å². The molecule has 4 aromatic rings. The van der Waals surface area contributed by atoms with Crippen molar-refractivity contribution in [3.63, 3.8) is 0 Å². The van der Waals surface area contributed by atoms with Crippen LogP contribution in [-0.2, 0) is 21.5 Å². The van der Waals surface area contributed by atoms with Gasteiger partial charge in [0.05, 0.1) is 11.4 Å². The van der Waals surface area contributed by atoms with Crippen molar-refractivity contribution in [1.82, 2.24) is 4.90 Å². The number of hydrogen-bond acceptors (Lipinski definition) is 6. The van der Waals surface area contributed by atoms with E-state index < -0.39 is 21.3 Å². The van der Waals surface area contributed by atoms with E-state index >= 15 is 0 Å². The zero-order valence-corrected chi connectivity index (χ0v) is 21.9. The Bertz CT molecular complexity index is 1680. The summed E-state index contributed by atoms with van der Waals surface area (Å²) in [6, 6.07) is 24.0. The zero-order valence-electron chi connectivity index (χ0n) is 19.6. The Labute approximate surface area is 223 Å². The number of thioether (sulfide) groups is 1. The Balaban J connectivity index is 1.55. The molecule has 0 N–H and O–H groups in total. The third kappa shape index (κ3) is 5.13. The van der Waals surface area contributed by atoms with Crippen molar-refractivity contribution in [2.75, 3.05) is 0 Å². The van der Waals surface area contributed by atoms with Gasteiger partial charge in [0.25, 0.3) is 11.1 Å². The van der Waals surface area contributed by atoms with Gasteiger partial charge in [0.2, 0.25) is 0 Å². The number of benzene rings is 4. The lowest BCUT2D eigenvalue weighted by Crippen LogP contribution is -2.27. The molecule has 6 nitrogen and oxygen atoms in total. The number of carbonyl (C=O) groups excluding carboxylic acids is 2. The fraction of sp³-hybridized carbons (Fsp3) is 0.0714. The molecular formula is C28H20ClNO5S2. The van der Waals surface area contributed by atoms with Crippen LogP contribution in [0, 0.1) is 6.92 Å². The molecule has 0 unspecified atom stereocenters. The van der Waals surface area contributed by atoms with E-state index in [1.165, 1.54) is 18.2 Å². The van der Waals surface area contributed by atoms with E-state index in [4.69, 9.17) is 15.8 Å². The minimum Gasteiger partial charge on any atom is -0.378 e. The summed E-state index contributed by atoms with van der Waals surface area (Å²) in [5.74, 6) is -0.438. The molecule has 1 aliphatic rings. The van der Waals surface area contributed by atoms with Gasteiger partial charge in [0, 0.05) is 10.6 Å². The highest BCUT2D eigenvalue weighted by Gasteiger charge is 2.36. The SMILES string of the molecule is Cc1ccc(S(=O)(=O)Oc2ccc3ccccc3c2/C=C2\SC(=O)N(Cc3ccccc3Cl)C2=O)cc1. The summed E-state index contributed by atoms with van der Waals surface area (Å²) in [6.07, 6.45) is 1.51. The molecule has 0 spiro atoms. The topological polar surface area (TPSA) is 80.8 Å². The summed E-state index contributed by atoms with van der Waals surface area (Å²) in [7, 11) is -4.15. The fourth-order valence-corrected chi connectivity index (χ4v) is 5.90. The van der Waals surface area contributed by atoms with Crippen LogP contribution in [-0.4, -0.2) is 24.5 Å². The maximum Gasteiger partial charge on any atom is 0.339 e. The highest BCUT2D eigenvalue weighted by atomic mass is 35.5. The molecule has 1 heterocycles. The van der Waals surface area contributed by atoms with Crippen LogP contribution in [0.4, 0.5) is 4.79 Å². The molecule has 9 heteroatoms. The zero-order chi connectivity index (χ0) is 26.2. The van der Waals surface area contributed by atoms with E-state index in [0.29, 0.717) is 21.5 Å². The fourth-order valence-electron chi connectivity index (χ4n) is 3.93. The van der Waals surface area contributed by atoms with Crippen LogP contribution in [0.5, 0.6) is 5.75 Å². The Morgan fingerprint density at radius 3 is 2.38 bits per heavy atom. The predicted octanol–water partition coefficient (Wildman–Crippen LogP) is 6.81. The molecule has 37 heavy (non-hydrogen) atoms. The van der Waals surface area contributed by atoms with Gasteiger partial charge in [-0.25, -0.2) is 0 Å². The van der Waals surface area contributed by atoms with Crippen LogP contribution in [0.25, 0.3) is 16.8 Å². The Morgan fingerprint density at radius 2 is 1.62 bits per heavy atom. The van der Waals surface area contributed by atoms with Crippen molar-refractivity contribution in [3.8, 4) is 5.75 Å². The molecule has 0 aliphatic carbocycles. The van der Waals surface area contributed by atoms with Gasteiger partial charge in [-0.3, -0.25) is 14.5 Å². The van der Waals surface area contributed by atoms with Gasteiger partial charge < -0.3 is 4.18 Å². The summed E-state index contributed by atoms with van der Waals surface area (Å²) in [6.45, 7) is 1.89. The maximum atomic E-state index is 13.2. The number of amides is 2. The molecule has 0 bridgehead atoms. The molecule has 0 aromatic heterocycles. The van der Waals surface area contributed by atoms with E-state index in [-0.39, 0.29) is 22.1 Å². The number of halogens is 1. The number of fused-ring (bicyclic) bond motifs is 1. The third-order valence-electron chi connectivity index (χ3n) is 5.88. The molecule has 1 fully saturated rings. The molecule has 5 rings (SSSR count). The maximum absolute atomic E-state index is 13.2. The van der Waals surface area contributed by atoms with Crippen molar-refractivity contribution >= 4 is 61.5 Å². The van der Waals surface area contributed by atoms with Gasteiger partial charge in [-0.15, -0.1) is 0 Å². The van der Waals surface area contributed by atoms with Gasteiger partial charge in [0.1, 0.15) is 4.90 Å². The van der Waals surface area contributed by atoms with E-state index in [1.807, 2.05) is 19.1 Å². The normalized spacial score (nSPS) is 15.1. The van der Waals surface area contributed by atoms with Crippen LogP contribution in [0.2, 0.25) is 5.02 Å². The summed E-state index contributed by atoms with van der Waals surface area (Å²) in [5.41, 5.74) is 1.95. The first-order chi connectivity index (χ1) is 17.7. The molecule has 186 valence electrons. The van der Waals surface area contributed by atoms with Gasteiger partial charge in [-0.05, 0) is 65.4 Å². The number of hydrogen-bond donors (Lipinski definition) is 0. The first-order valence-corrected chi connectivity index (χ1v) is 13.8. The smallest absolute Gasteiger partial charge is 0.339 e. The largest absolute Gasteiger partial charge is 0.378 e. The second-order valence-electron chi connectivity index (χ2n) is 8.41. The van der Waals surface area contributed by atoms with Gasteiger partial charge >= 0.3 is 10.1 Å². The minimum absolute atomic E-state index is 0.0114. The summed E-state index contributed by atoms with van der Waals surface area (Å²) in [4.78, 5) is 27.3. The summed E-state index contributed by atoms with van der Waals surface area (Å²) in [5, 5.41) is 1.52. The van der Waals surface area contributed by atoms with Crippen LogP contribution < -0.4 is 4.18 Å². The molecule has 1 saturated heterocycles. The number of imide groups is 1. The van der Waals surface area contributed by atoms with Crippen molar-refractivity contribution < 1.29 is 22.2 Å². The molecular weight excluding hydrogens is 530 g/mol. The van der Waals surface area contributed by atoms with Crippen molar-refractivity contribution in [1.29, 1.82) is 0 Å². The van der Waals surface area contributed by atoms with Crippen molar-refractivity contribution in [2.24, 2.45) is 0 Å². The molecule has 0 saturated carbocycles. The molecule has 0 radical (unpaired) electrons. The highest BCUT2D eigenvalue weighted by Crippen LogP contribution is 2.38. The predicted molar refractivity (Wildman–Crippen MR) is 146 cm³/mol. The van der Waals surface area contributed by atoms with Gasteiger partial charge in [0.15, 0.2) is 5.75 Å².